The first-order valence-electron chi connectivity index (χ1n) is 5.11. The number of hydrogen-bond donors (Lipinski definition) is 1. The second-order valence-electron chi connectivity index (χ2n) is 4.03. The fraction of sp³-hybridized carbons (Fsp3) is 0.417. The van der Waals surface area contributed by atoms with Crippen molar-refractivity contribution in [2.45, 2.75) is 20.3 Å². The monoisotopic (exact) mass is 224 g/mol. The van der Waals surface area contributed by atoms with Gasteiger partial charge in [0.1, 0.15) is 0 Å². The summed E-state index contributed by atoms with van der Waals surface area (Å²) in [5, 5.41) is 0.740. The number of hydrogen-bond acceptors (Lipinski definition) is 1. The molecule has 2 nitrogen and oxygen atoms in total. The summed E-state index contributed by atoms with van der Waals surface area (Å²) in [6.45, 7) is 5.03. The zero-order valence-electron chi connectivity index (χ0n) is 9.20. The fourth-order valence-electron chi connectivity index (χ4n) is 1.21. The van der Waals surface area contributed by atoms with Gasteiger partial charge in [-0.2, -0.15) is 0 Å². The Bertz CT molecular complexity index is 345. The lowest BCUT2D eigenvalue weighted by Gasteiger charge is -2.03. The van der Waals surface area contributed by atoms with Gasteiger partial charge in [-0.1, -0.05) is 37.6 Å². The van der Waals surface area contributed by atoms with Gasteiger partial charge in [0, 0.05) is 18.0 Å². The molecule has 0 saturated carbocycles. The maximum atomic E-state index is 5.88. The van der Waals surface area contributed by atoms with Crippen molar-refractivity contribution in [1.82, 2.24) is 0 Å². The summed E-state index contributed by atoms with van der Waals surface area (Å²) in [6.07, 6.45) is 0.674. The van der Waals surface area contributed by atoms with E-state index >= 15 is 0 Å². The molecule has 0 unspecified atom stereocenters. The van der Waals surface area contributed by atoms with E-state index in [1.54, 1.807) is 0 Å². The molecule has 1 aromatic carbocycles. The third kappa shape index (κ3) is 4.84. The molecule has 0 aromatic heterocycles. The van der Waals surface area contributed by atoms with Gasteiger partial charge < -0.3 is 5.73 Å². The van der Waals surface area contributed by atoms with Gasteiger partial charge in [-0.15, -0.1) is 0 Å². The van der Waals surface area contributed by atoms with Crippen molar-refractivity contribution < 1.29 is 0 Å². The predicted octanol–water partition coefficient (Wildman–Crippen LogP) is 2.90. The van der Waals surface area contributed by atoms with Crippen molar-refractivity contribution in [2.75, 3.05) is 6.54 Å². The van der Waals surface area contributed by atoms with Gasteiger partial charge in [-0.05, 0) is 23.6 Å². The standard InChI is InChI=1S/C12H17ClN2/c1-9(2)8-15-12(14)7-10-4-3-5-11(13)6-10/h3-6,9H,7-8H2,1-2H3,(H2,14,15). The summed E-state index contributed by atoms with van der Waals surface area (Å²) in [7, 11) is 0. The molecule has 1 aromatic rings. The van der Waals surface area contributed by atoms with E-state index in [2.05, 4.69) is 18.8 Å². The quantitative estimate of drug-likeness (QED) is 0.620. The third-order valence-electron chi connectivity index (χ3n) is 1.93. The lowest BCUT2D eigenvalue weighted by atomic mass is 10.1. The van der Waals surface area contributed by atoms with Crippen LogP contribution in [-0.4, -0.2) is 12.4 Å². The minimum absolute atomic E-state index is 0.544. The van der Waals surface area contributed by atoms with Crippen molar-refractivity contribution in [1.29, 1.82) is 0 Å². The highest BCUT2D eigenvalue weighted by Gasteiger charge is 1.98. The summed E-state index contributed by atoms with van der Waals surface area (Å²) < 4.78 is 0. The first-order valence-corrected chi connectivity index (χ1v) is 5.49. The van der Waals surface area contributed by atoms with Crippen LogP contribution in [0.5, 0.6) is 0 Å². The molecule has 15 heavy (non-hydrogen) atoms. The van der Waals surface area contributed by atoms with Crippen molar-refractivity contribution in [3.8, 4) is 0 Å². The van der Waals surface area contributed by atoms with Gasteiger partial charge in [0.15, 0.2) is 0 Å². The van der Waals surface area contributed by atoms with Crippen LogP contribution < -0.4 is 5.73 Å². The lowest BCUT2D eigenvalue weighted by Crippen LogP contribution is -2.16. The summed E-state index contributed by atoms with van der Waals surface area (Å²) in [5.41, 5.74) is 6.92. The van der Waals surface area contributed by atoms with E-state index in [0.717, 1.165) is 17.1 Å². The summed E-state index contributed by atoms with van der Waals surface area (Å²) >= 11 is 5.88. The molecule has 0 heterocycles. The molecule has 0 aliphatic rings. The summed E-state index contributed by atoms with van der Waals surface area (Å²) in [6, 6.07) is 7.70. The topological polar surface area (TPSA) is 38.4 Å². The number of amidine groups is 1. The number of aliphatic imine (C=N–C) groups is 1. The molecule has 2 N–H and O–H groups in total. The van der Waals surface area contributed by atoms with Crippen LogP contribution in [0.3, 0.4) is 0 Å². The zero-order chi connectivity index (χ0) is 11.3. The molecule has 0 amide bonds. The van der Waals surface area contributed by atoms with Gasteiger partial charge in [0.05, 0.1) is 5.84 Å². The highest BCUT2D eigenvalue weighted by molar-refractivity contribution is 6.30. The smallest absolute Gasteiger partial charge is 0.0981 e. The SMILES string of the molecule is CC(C)CN=C(N)Cc1cccc(Cl)c1. The Kier molecular flexibility index (Phi) is 4.63. The predicted molar refractivity (Wildman–Crippen MR) is 66.5 cm³/mol. The average molecular weight is 225 g/mol. The van der Waals surface area contributed by atoms with Crippen LogP contribution in [0.1, 0.15) is 19.4 Å². The molecule has 0 fully saturated rings. The number of nitrogens with two attached hydrogens (primary N) is 1. The van der Waals surface area contributed by atoms with E-state index < -0.39 is 0 Å². The van der Waals surface area contributed by atoms with Gasteiger partial charge >= 0.3 is 0 Å². The van der Waals surface area contributed by atoms with E-state index in [9.17, 15) is 0 Å². The second-order valence-corrected chi connectivity index (χ2v) is 4.47. The maximum absolute atomic E-state index is 5.88. The highest BCUT2D eigenvalue weighted by atomic mass is 35.5. The Morgan fingerprint density at radius 2 is 2.20 bits per heavy atom. The fourth-order valence-corrected chi connectivity index (χ4v) is 1.42. The van der Waals surface area contributed by atoms with Gasteiger partial charge in [-0.25, -0.2) is 0 Å². The van der Waals surface area contributed by atoms with Crippen LogP contribution in [0.2, 0.25) is 5.02 Å². The van der Waals surface area contributed by atoms with Crippen LogP contribution in [-0.2, 0) is 6.42 Å². The largest absolute Gasteiger partial charge is 0.387 e. The Balaban J connectivity index is 2.58. The van der Waals surface area contributed by atoms with E-state index in [1.807, 2.05) is 24.3 Å². The lowest BCUT2D eigenvalue weighted by molar-refractivity contribution is 0.664. The van der Waals surface area contributed by atoms with Crippen molar-refractivity contribution in [3.05, 3.63) is 34.9 Å². The normalized spacial score (nSPS) is 12.1. The number of halogens is 1. The highest BCUT2D eigenvalue weighted by Crippen LogP contribution is 2.11. The van der Waals surface area contributed by atoms with Crippen molar-refractivity contribution in [3.63, 3.8) is 0 Å². The zero-order valence-corrected chi connectivity index (χ0v) is 9.96. The van der Waals surface area contributed by atoms with Crippen LogP contribution in [0.4, 0.5) is 0 Å². The van der Waals surface area contributed by atoms with E-state index in [0.29, 0.717) is 18.2 Å². The van der Waals surface area contributed by atoms with Crippen molar-refractivity contribution in [2.24, 2.45) is 16.6 Å². The Hall–Kier alpha value is -1.02. The van der Waals surface area contributed by atoms with E-state index in [-0.39, 0.29) is 0 Å². The average Bonchev–Trinajstić information content (AvgIpc) is 2.15. The molecule has 0 saturated heterocycles. The van der Waals surface area contributed by atoms with Crippen LogP contribution >= 0.6 is 11.6 Å². The Morgan fingerprint density at radius 3 is 2.80 bits per heavy atom. The first-order chi connectivity index (χ1) is 7.08. The van der Waals surface area contributed by atoms with Crippen LogP contribution in [0.25, 0.3) is 0 Å². The van der Waals surface area contributed by atoms with Gasteiger partial charge in [0.2, 0.25) is 0 Å². The second kappa shape index (κ2) is 5.76. The molecule has 3 heteroatoms. The Morgan fingerprint density at radius 1 is 1.47 bits per heavy atom. The number of nitrogens with zero attached hydrogens (tertiary/aromatic N) is 1. The number of benzene rings is 1. The van der Waals surface area contributed by atoms with Crippen LogP contribution in [0, 0.1) is 5.92 Å². The van der Waals surface area contributed by atoms with Gasteiger partial charge in [-0.3, -0.25) is 4.99 Å². The van der Waals surface area contributed by atoms with Crippen LogP contribution in [0.15, 0.2) is 29.3 Å². The van der Waals surface area contributed by atoms with E-state index in [4.69, 9.17) is 17.3 Å². The summed E-state index contributed by atoms with van der Waals surface area (Å²) in [5.74, 6) is 1.22. The molecule has 0 aliphatic heterocycles. The van der Waals surface area contributed by atoms with E-state index in [1.165, 1.54) is 0 Å². The van der Waals surface area contributed by atoms with Gasteiger partial charge in [0.25, 0.3) is 0 Å². The minimum Gasteiger partial charge on any atom is -0.387 e. The maximum Gasteiger partial charge on any atom is 0.0981 e. The molecular weight excluding hydrogens is 208 g/mol. The molecular formula is C12H17ClN2. The molecule has 82 valence electrons. The molecule has 0 atom stereocenters. The molecule has 0 radical (unpaired) electrons. The Labute approximate surface area is 96.2 Å². The molecule has 0 aliphatic carbocycles. The third-order valence-corrected chi connectivity index (χ3v) is 2.17. The molecule has 0 spiro atoms. The summed E-state index contributed by atoms with van der Waals surface area (Å²) in [4.78, 5) is 4.30. The molecule has 1 rings (SSSR count). The first kappa shape index (κ1) is 12.1. The van der Waals surface area contributed by atoms with Crippen molar-refractivity contribution >= 4 is 17.4 Å². The molecule has 0 bridgehead atoms. The minimum atomic E-state index is 0.544. The number of rotatable bonds is 4.